The molecule has 108 valence electrons. The Hall–Kier alpha value is -1.39. The number of benzene rings is 1. The quantitative estimate of drug-likeness (QED) is 0.842. The SMILES string of the molecule is CCc1cnc(CNCc2ccc(OC(C)C)cc2)s1. The molecule has 1 N–H and O–H groups in total. The predicted molar refractivity (Wildman–Crippen MR) is 84.2 cm³/mol. The van der Waals surface area contributed by atoms with Gasteiger partial charge in [-0.2, -0.15) is 0 Å². The molecule has 0 fully saturated rings. The lowest BCUT2D eigenvalue weighted by molar-refractivity contribution is 0.242. The van der Waals surface area contributed by atoms with Gasteiger partial charge in [0.25, 0.3) is 0 Å². The van der Waals surface area contributed by atoms with Crippen LogP contribution in [0.4, 0.5) is 0 Å². The van der Waals surface area contributed by atoms with Crippen LogP contribution >= 0.6 is 11.3 Å². The van der Waals surface area contributed by atoms with Crippen LogP contribution in [0.15, 0.2) is 30.5 Å². The van der Waals surface area contributed by atoms with Gasteiger partial charge < -0.3 is 10.1 Å². The molecule has 0 amide bonds. The van der Waals surface area contributed by atoms with Crippen molar-refractivity contribution in [1.29, 1.82) is 0 Å². The molecule has 0 unspecified atom stereocenters. The number of hydrogen-bond acceptors (Lipinski definition) is 4. The van der Waals surface area contributed by atoms with E-state index in [1.165, 1.54) is 10.4 Å². The second kappa shape index (κ2) is 7.41. The minimum absolute atomic E-state index is 0.219. The largest absolute Gasteiger partial charge is 0.491 e. The summed E-state index contributed by atoms with van der Waals surface area (Å²) in [6.07, 6.45) is 3.26. The zero-order chi connectivity index (χ0) is 14.4. The molecule has 0 radical (unpaired) electrons. The van der Waals surface area contributed by atoms with Gasteiger partial charge in [0.15, 0.2) is 0 Å². The van der Waals surface area contributed by atoms with Gasteiger partial charge in [0.2, 0.25) is 0 Å². The molecule has 1 heterocycles. The van der Waals surface area contributed by atoms with Crippen LogP contribution in [-0.2, 0) is 19.5 Å². The third kappa shape index (κ3) is 4.62. The van der Waals surface area contributed by atoms with Crippen molar-refractivity contribution in [3.05, 3.63) is 45.9 Å². The minimum Gasteiger partial charge on any atom is -0.491 e. The van der Waals surface area contributed by atoms with Crippen molar-refractivity contribution in [2.45, 2.75) is 46.4 Å². The summed E-state index contributed by atoms with van der Waals surface area (Å²) in [6, 6.07) is 8.25. The van der Waals surface area contributed by atoms with E-state index in [9.17, 15) is 0 Å². The van der Waals surface area contributed by atoms with Crippen LogP contribution in [0.1, 0.15) is 36.2 Å². The Morgan fingerprint density at radius 2 is 1.95 bits per heavy atom. The highest BCUT2D eigenvalue weighted by molar-refractivity contribution is 7.11. The molecule has 0 aliphatic rings. The van der Waals surface area contributed by atoms with Crippen LogP contribution < -0.4 is 10.1 Å². The normalized spacial score (nSPS) is 11.0. The van der Waals surface area contributed by atoms with Crippen molar-refractivity contribution in [2.24, 2.45) is 0 Å². The smallest absolute Gasteiger partial charge is 0.119 e. The van der Waals surface area contributed by atoms with Crippen molar-refractivity contribution < 1.29 is 4.74 Å². The van der Waals surface area contributed by atoms with Crippen LogP contribution in [0.25, 0.3) is 0 Å². The molecule has 2 aromatic rings. The summed E-state index contributed by atoms with van der Waals surface area (Å²) in [7, 11) is 0. The van der Waals surface area contributed by atoms with Gasteiger partial charge in [-0.05, 0) is 38.0 Å². The third-order valence-electron chi connectivity index (χ3n) is 2.85. The highest BCUT2D eigenvalue weighted by atomic mass is 32.1. The zero-order valence-corrected chi connectivity index (χ0v) is 13.2. The Morgan fingerprint density at radius 1 is 1.20 bits per heavy atom. The Balaban J connectivity index is 1.79. The molecule has 0 saturated carbocycles. The summed E-state index contributed by atoms with van der Waals surface area (Å²) in [4.78, 5) is 5.75. The molecule has 0 saturated heterocycles. The first-order valence-corrected chi connectivity index (χ1v) is 7.89. The van der Waals surface area contributed by atoms with Gasteiger partial charge in [-0.1, -0.05) is 19.1 Å². The van der Waals surface area contributed by atoms with Crippen molar-refractivity contribution in [1.82, 2.24) is 10.3 Å². The fourth-order valence-electron chi connectivity index (χ4n) is 1.87. The van der Waals surface area contributed by atoms with Crippen LogP contribution in [-0.4, -0.2) is 11.1 Å². The summed E-state index contributed by atoms with van der Waals surface area (Å²) in [5.74, 6) is 0.927. The lowest BCUT2D eigenvalue weighted by Crippen LogP contribution is -2.12. The average Bonchev–Trinajstić information content (AvgIpc) is 2.88. The van der Waals surface area contributed by atoms with E-state index in [-0.39, 0.29) is 6.10 Å². The fourth-order valence-corrected chi connectivity index (χ4v) is 2.70. The first-order chi connectivity index (χ1) is 9.67. The number of aromatic nitrogens is 1. The zero-order valence-electron chi connectivity index (χ0n) is 12.3. The number of ether oxygens (including phenoxy) is 1. The fraction of sp³-hybridized carbons (Fsp3) is 0.438. The highest BCUT2D eigenvalue weighted by Crippen LogP contribution is 2.15. The van der Waals surface area contributed by atoms with Gasteiger partial charge in [0.1, 0.15) is 10.8 Å². The topological polar surface area (TPSA) is 34.2 Å². The Bertz CT molecular complexity index is 520. The average molecular weight is 290 g/mol. The van der Waals surface area contributed by atoms with Crippen LogP contribution in [0, 0.1) is 0 Å². The molecule has 1 aromatic carbocycles. The number of aryl methyl sites for hydroxylation is 1. The van der Waals surface area contributed by atoms with Gasteiger partial charge in [-0.25, -0.2) is 4.98 Å². The molecule has 3 nitrogen and oxygen atoms in total. The minimum atomic E-state index is 0.219. The monoisotopic (exact) mass is 290 g/mol. The standard InChI is InChI=1S/C16H22N2OS/c1-4-15-10-18-16(20-15)11-17-9-13-5-7-14(8-6-13)19-12(2)3/h5-8,10,12,17H,4,9,11H2,1-3H3. The maximum absolute atomic E-state index is 5.63. The number of rotatable bonds is 7. The number of thiazole rings is 1. The molecule has 0 atom stereocenters. The van der Waals surface area contributed by atoms with Crippen LogP contribution in [0.2, 0.25) is 0 Å². The van der Waals surface area contributed by atoms with Gasteiger partial charge in [0.05, 0.1) is 6.10 Å². The number of nitrogens with zero attached hydrogens (tertiary/aromatic N) is 1. The van der Waals surface area contributed by atoms with Crippen LogP contribution in [0.5, 0.6) is 5.75 Å². The lowest BCUT2D eigenvalue weighted by Gasteiger charge is -2.10. The summed E-state index contributed by atoms with van der Waals surface area (Å²) in [6.45, 7) is 7.91. The molecule has 20 heavy (non-hydrogen) atoms. The van der Waals surface area contributed by atoms with E-state index in [0.717, 1.165) is 30.3 Å². The first kappa shape index (κ1) is 15.0. The van der Waals surface area contributed by atoms with Gasteiger partial charge in [-0.3, -0.25) is 0 Å². The Morgan fingerprint density at radius 3 is 2.55 bits per heavy atom. The maximum Gasteiger partial charge on any atom is 0.119 e. The summed E-state index contributed by atoms with van der Waals surface area (Å²) < 4.78 is 5.63. The van der Waals surface area contributed by atoms with E-state index >= 15 is 0 Å². The van der Waals surface area contributed by atoms with Gasteiger partial charge >= 0.3 is 0 Å². The second-order valence-corrected chi connectivity index (χ2v) is 6.19. The number of nitrogens with one attached hydrogen (secondary N) is 1. The van der Waals surface area contributed by atoms with Crippen molar-refractivity contribution in [3.63, 3.8) is 0 Å². The molecule has 1 aromatic heterocycles. The molecule has 4 heteroatoms. The van der Waals surface area contributed by atoms with E-state index in [1.807, 2.05) is 32.2 Å². The molecule has 0 bridgehead atoms. The highest BCUT2D eigenvalue weighted by Gasteiger charge is 2.01. The molecule has 0 aliphatic carbocycles. The van der Waals surface area contributed by atoms with E-state index in [1.54, 1.807) is 11.3 Å². The third-order valence-corrected chi connectivity index (χ3v) is 3.99. The number of hydrogen-bond donors (Lipinski definition) is 1. The Labute approximate surface area is 125 Å². The van der Waals surface area contributed by atoms with Crippen molar-refractivity contribution in [3.8, 4) is 5.75 Å². The first-order valence-electron chi connectivity index (χ1n) is 7.07. The summed E-state index contributed by atoms with van der Waals surface area (Å²) in [5.41, 5.74) is 1.26. The molecular weight excluding hydrogens is 268 g/mol. The molecule has 0 aliphatic heterocycles. The molecule has 0 spiro atoms. The van der Waals surface area contributed by atoms with E-state index in [4.69, 9.17) is 4.74 Å². The second-order valence-electron chi connectivity index (χ2n) is 4.99. The molecular formula is C16H22N2OS. The maximum atomic E-state index is 5.63. The lowest BCUT2D eigenvalue weighted by atomic mass is 10.2. The van der Waals surface area contributed by atoms with E-state index < -0.39 is 0 Å². The summed E-state index contributed by atoms with van der Waals surface area (Å²) in [5, 5.41) is 4.58. The van der Waals surface area contributed by atoms with Crippen molar-refractivity contribution in [2.75, 3.05) is 0 Å². The van der Waals surface area contributed by atoms with E-state index in [0.29, 0.717) is 0 Å². The summed E-state index contributed by atoms with van der Waals surface area (Å²) >= 11 is 1.78. The van der Waals surface area contributed by atoms with Gasteiger partial charge in [-0.15, -0.1) is 11.3 Å². The van der Waals surface area contributed by atoms with Gasteiger partial charge in [0, 0.05) is 24.2 Å². The van der Waals surface area contributed by atoms with Crippen LogP contribution in [0.3, 0.4) is 0 Å². The van der Waals surface area contributed by atoms with E-state index in [2.05, 4.69) is 29.4 Å². The predicted octanol–water partition coefficient (Wildman–Crippen LogP) is 3.78. The Kier molecular flexibility index (Phi) is 5.56. The van der Waals surface area contributed by atoms with Crippen molar-refractivity contribution >= 4 is 11.3 Å². The molecule has 2 rings (SSSR count).